The van der Waals surface area contributed by atoms with Gasteiger partial charge in [0.2, 0.25) is 5.91 Å². The van der Waals surface area contributed by atoms with E-state index in [9.17, 15) is 19.2 Å². The second-order valence-corrected chi connectivity index (χ2v) is 14.3. The number of esters is 1. The van der Waals surface area contributed by atoms with Gasteiger partial charge in [-0.2, -0.15) is 0 Å². The molecule has 0 aromatic carbocycles. The number of carbonyl (C=O) groups excluding carboxylic acids is 4. The summed E-state index contributed by atoms with van der Waals surface area (Å²) in [5.74, 6) is -2.23. The standard InChI is InChI=1S/C35H53BN6O7/c1-9-30-35(7)31(41(33(46)49-35)17-13-12-16-40-21-27(38-39-40)26-14-10-11-15-37-26)24(4)42(25(5)43)20-22(2)19-34(6,47-8)29(36)18-28(44)23(3)32(45)48-30/h10-11,14-15,21-24,29-31H,9,12-13,16-20,36H2,1-8H3/t22-,23-,24-,29-,30-,31-,34+,35-/m1/s1. The smallest absolute Gasteiger partial charge is 0.410 e. The zero-order valence-corrected chi connectivity index (χ0v) is 30.5. The summed E-state index contributed by atoms with van der Waals surface area (Å²) in [6.45, 7) is 14.0. The molecule has 2 saturated heterocycles. The minimum Gasteiger partial charge on any atom is -0.458 e. The van der Waals surface area contributed by atoms with Gasteiger partial charge in [-0.05, 0) is 77.2 Å². The number of aryl methyl sites for hydroxylation is 1. The predicted octanol–water partition coefficient (Wildman–Crippen LogP) is 3.72. The molecule has 0 aliphatic carbocycles. The van der Waals surface area contributed by atoms with Crippen molar-refractivity contribution in [2.24, 2.45) is 11.8 Å². The number of methoxy groups -OCH3 is 1. The first-order chi connectivity index (χ1) is 23.1. The predicted molar refractivity (Wildman–Crippen MR) is 185 cm³/mol. The zero-order valence-electron chi connectivity index (χ0n) is 30.5. The minimum atomic E-state index is -1.29. The molecular formula is C35H53BN6O7. The van der Waals surface area contributed by atoms with E-state index in [1.165, 1.54) is 6.92 Å². The van der Waals surface area contributed by atoms with E-state index in [2.05, 4.69) is 22.2 Å². The number of pyridine rings is 1. The average molecular weight is 681 g/mol. The number of unbranched alkanes of at least 4 members (excludes halogenated alkanes) is 1. The molecule has 4 rings (SSSR count). The summed E-state index contributed by atoms with van der Waals surface area (Å²) >= 11 is 0. The van der Waals surface area contributed by atoms with Gasteiger partial charge in [0, 0.05) is 46.3 Å². The molecule has 2 amide bonds. The maximum Gasteiger partial charge on any atom is 0.410 e. The minimum absolute atomic E-state index is 0.00681. The Kier molecular flexibility index (Phi) is 12.3. The Labute approximate surface area is 290 Å². The van der Waals surface area contributed by atoms with Gasteiger partial charge >= 0.3 is 12.1 Å². The summed E-state index contributed by atoms with van der Waals surface area (Å²) in [4.78, 5) is 61.7. The Morgan fingerprint density at radius 2 is 1.82 bits per heavy atom. The van der Waals surface area contributed by atoms with Gasteiger partial charge in [-0.3, -0.25) is 28.9 Å². The highest BCUT2D eigenvalue weighted by atomic mass is 16.6. The van der Waals surface area contributed by atoms with Crippen molar-refractivity contribution in [1.82, 2.24) is 29.8 Å². The molecule has 0 radical (unpaired) electrons. The van der Waals surface area contributed by atoms with Crippen LogP contribution in [0.25, 0.3) is 11.4 Å². The molecule has 4 heterocycles. The van der Waals surface area contributed by atoms with E-state index in [-0.39, 0.29) is 29.8 Å². The van der Waals surface area contributed by atoms with E-state index in [4.69, 9.17) is 14.2 Å². The molecule has 2 aromatic rings. The van der Waals surface area contributed by atoms with Crippen LogP contribution in [0.15, 0.2) is 30.6 Å². The van der Waals surface area contributed by atoms with Crippen LogP contribution in [0.1, 0.15) is 80.6 Å². The molecule has 268 valence electrons. The molecule has 2 aliphatic rings. The Morgan fingerprint density at radius 3 is 2.45 bits per heavy atom. The molecule has 0 bridgehead atoms. The molecule has 2 aromatic heterocycles. The molecule has 8 atom stereocenters. The quantitative estimate of drug-likeness (QED) is 0.175. The van der Waals surface area contributed by atoms with Gasteiger partial charge in [0.15, 0.2) is 5.60 Å². The molecule has 0 spiro atoms. The Bertz CT molecular complexity index is 1480. The Balaban J connectivity index is 1.62. The van der Waals surface area contributed by atoms with E-state index >= 15 is 0 Å². The molecular weight excluding hydrogens is 627 g/mol. The third-order valence-corrected chi connectivity index (χ3v) is 10.7. The summed E-state index contributed by atoms with van der Waals surface area (Å²) in [6, 6.07) is 4.49. The highest BCUT2D eigenvalue weighted by Gasteiger charge is 2.59. The molecule has 49 heavy (non-hydrogen) atoms. The average Bonchev–Trinajstić information content (AvgIpc) is 3.65. The fourth-order valence-electron chi connectivity index (χ4n) is 7.56. The molecule has 2 fully saturated rings. The second kappa shape index (κ2) is 15.8. The number of fused-ring (bicyclic) bond motifs is 1. The number of nitrogens with zero attached hydrogens (tertiary/aromatic N) is 6. The number of hydrogen-bond donors (Lipinski definition) is 0. The van der Waals surface area contributed by atoms with Gasteiger partial charge in [-0.25, -0.2) is 4.79 Å². The summed E-state index contributed by atoms with van der Waals surface area (Å²) in [5, 5.41) is 8.48. The number of carbonyl (C=O) groups is 4. The fourth-order valence-corrected chi connectivity index (χ4v) is 7.56. The van der Waals surface area contributed by atoms with Crippen molar-refractivity contribution in [3.63, 3.8) is 0 Å². The van der Waals surface area contributed by atoms with Crippen molar-refractivity contribution in [1.29, 1.82) is 0 Å². The van der Waals surface area contributed by atoms with Gasteiger partial charge < -0.3 is 19.1 Å². The van der Waals surface area contributed by atoms with Crippen LogP contribution in [0.2, 0.25) is 5.82 Å². The lowest BCUT2D eigenvalue weighted by Gasteiger charge is -2.44. The molecule has 14 heteroatoms. The number of hydrogen-bond acceptors (Lipinski definition) is 10. The van der Waals surface area contributed by atoms with Crippen molar-refractivity contribution in [2.45, 2.75) is 122 Å². The number of ether oxygens (including phenoxy) is 3. The maximum atomic E-state index is 13.7. The summed E-state index contributed by atoms with van der Waals surface area (Å²) in [6.07, 6.45) is 4.54. The van der Waals surface area contributed by atoms with E-state index < -0.39 is 47.4 Å². The van der Waals surface area contributed by atoms with Crippen LogP contribution >= 0.6 is 0 Å². The number of ketones is 1. The van der Waals surface area contributed by atoms with Crippen molar-refractivity contribution in [2.75, 3.05) is 20.2 Å². The van der Waals surface area contributed by atoms with Crippen LogP contribution in [-0.2, 0) is 35.1 Å². The lowest BCUT2D eigenvalue weighted by atomic mass is 9.67. The first-order valence-corrected chi connectivity index (χ1v) is 17.5. The van der Waals surface area contributed by atoms with Crippen LogP contribution in [0.5, 0.6) is 0 Å². The lowest BCUT2D eigenvalue weighted by molar-refractivity contribution is -0.171. The third kappa shape index (κ3) is 8.33. The molecule has 0 saturated carbocycles. The zero-order chi connectivity index (χ0) is 36.1. The van der Waals surface area contributed by atoms with Crippen LogP contribution in [-0.4, -0.2) is 111 Å². The number of aromatic nitrogens is 4. The number of cyclic esters (lactones) is 1. The summed E-state index contributed by atoms with van der Waals surface area (Å²) in [7, 11) is 3.58. The summed E-state index contributed by atoms with van der Waals surface area (Å²) in [5.41, 5.74) is -0.550. The number of amides is 2. The highest BCUT2D eigenvalue weighted by Crippen LogP contribution is 2.41. The van der Waals surface area contributed by atoms with Gasteiger partial charge in [0.1, 0.15) is 31.3 Å². The van der Waals surface area contributed by atoms with Crippen molar-refractivity contribution >= 4 is 31.6 Å². The van der Waals surface area contributed by atoms with Crippen LogP contribution < -0.4 is 0 Å². The van der Waals surface area contributed by atoms with Crippen molar-refractivity contribution in [3.05, 3.63) is 30.6 Å². The topological polar surface area (TPSA) is 146 Å². The SMILES string of the molecule is B[C@@H]1CC(=O)[C@@H](C)C(=O)O[C@H](CC)[C@@]2(C)OC(=O)N(CCCCn3cc(-c4ccccn4)nn3)[C@@H]2[C@@H](C)N(C(C)=O)C[C@H](C)C[C@]1(C)OC. The van der Waals surface area contributed by atoms with Crippen molar-refractivity contribution < 1.29 is 33.4 Å². The van der Waals surface area contributed by atoms with Crippen LogP contribution in [0.4, 0.5) is 4.79 Å². The van der Waals surface area contributed by atoms with E-state index in [0.717, 1.165) is 5.69 Å². The first kappa shape index (κ1) is 38.0. The molecule has 13 nitrogen and oxygen atoms in total. The maximum absolute atomic E-state index is 13.7. The number of rotatable bonds is 8. The Hall–Kier alpha value is -3.81. The molecule has 0 unspecified atom stereocenters. The van der Waals surface area contributed by atoms with E-state index in [0.29, 0.717) is 51.0 Å². The van der Waals surface area contributed by atoms with Gasteiger partial charge in [-0.15, -0.1) is 5.10 Å². The first-order valence-electron chi connectivity index (χ1n) is 17.5. The van der Waals surface area contributed by atoms with Crippen molar-refractivity contribution in [3.8, 4) is 11.4 Å². The molecule has 2 aliphatic heterocycles. The van der Waals surface area contributed by atoms with Gasteiger partial charge in [0.05, 0.1) is 29.6 Å². The summed E-state index contributed by atoms with van der Waals surface area (Å²) < 4.78 is 19.9. The Morgan fingerprint density at radius 1 is 1.10 bits per heavy atom. The molecule has 0 N–H and O–H groups in total. The lowest BCUT2D eigenvalue weighted by Crippen LogP contribution is -2.62. The van der Waals surface area contributed by atoms with Gasteiger partial charge in [0.25, 0.3) is 0 Å². The second-order valence-electron chi connectivity index (χ2n) is 14.3. The monoisotopic (exact) mass is 680 g/mol. The van der Waals surface area contributed by atoms with Crippen LogP contribution in [0, 0.1) is 11.8 Å². The fraction of sp³-hybridized carbons (Fsp3) is 0.686. The van der Waals surface area contributed by atoms with E-state index in [1.54, 1.807) is 41.6 Å². The largest absolute Gasteiger partial charge is 0.458 e. The number of Topliss-reactive ketones (excluding diaryl/α,β-unsaturated/α-hetero) is 1. The van der Waals surface area contributed by atoms with Gasteiger partial charge in [-0.1, -0.05) is 25.1 Å². The van der Waals surface area contributed by atoms with E-state index in [1.807, 2.05) is 53.0 Å². The third-order valence-electron chi connectivity index (χ3n) is 10.7. The normalized spacial score (nSPS) is 31.8. The highest BCUT2D eigenvalue weighted by molar-refractivity contribution is 6.15. The van der Waals surface area contributed by atoms with Crippen LogP contribution in [0.3, 0.4) is 0 Å².